The van der Waals surface area contributed by atoms with E-state index in [1.54, 1.807) is 0 Å². The molecule has 1 saturated carbocycles. The van der Waals surface area contributed by atoms with Gasteiger partial charge in [0.2, 0.25) is 5.91 Å². The highest BCUT2D eigenvalue weighted by Gasteiger charge is 2.33. The minimum Gasteiger partial charge on any atom is -0.480 e. The van der Waals surface area contributed by atoms with Gasteiger partial charge in [-0.05, 0) is 19.3 Å². The van der Waals surface area contributed by atoms with Gasteiger partial charge in [0, 0.05) is 19.0 Å². The van der Waals surface area contributed by atoms with E-state index in [1.165, 1.54) is 4.90 Å². The van der Waals surface area contributed by atoms with Crippen LogP contribution in [0.4, 0.5) is 4.79 Å². The van der Waals surface area contributed by atoms with E-state index in [0.29, 0.717) is 0 Å². The summed E-state index contributed by atoms with van der Waals surface area (Å²) in [4.78, 5) is 34.9. The molecule has 3 amide bonds. The van der Waals surface area contributed by atoms with Crippen LogP contribution in [0.15, 0.2) is 0 Å². The fourth-order valence-electron chi connectivity index (χ4n) is 1.72. The van der Waals surface area contributed by atoms with Crippen molar-refractivity contribution < 1.29 is 24.6 Å². The molecule has 0 spiro atoms. The lowest BCUT2D eigenvalue weighted by Gasteiger charge is -2.24. The highest BCUT2D eigenvalue weighted by atomic mass is 16.4. The Morgan fingerprint density at radius 2 is 2.00 bits per heavy atom. The zero-order chi connectivity index (χ0) is 14.4. The molecule has 19 heavy (non-hydrogen) atoms. The number of hydrogen-bond acceptors (Lipinski definition) is 4. The first-order valence-electron chi connectivity index (χ1n) is 6.14. The average molecular weight is 273 g/mol. The van der Waals surface area contributed by atoms with Crippen LogP contribution in [0.25, 0.3) is 0 Å². The smallest absolute Gasteiger partial charge is 0.326 e. The fourth-order valence-corrected chi connectivity index (χ4v) is 1.72. The summed E-state index contributed by atoms with van der Waals surface area (Å²) in [6.45, 7) is -0.0123. The molecule has 0 aromatic heterocycles. The number of aliphatic carboxylic acids is 1. The number of amides is 3. The van der Waals surface area contributed by atoms with Gasteiger partial charge in [-0.25, -0.2) is 9.59 Å². The standard InChI is InChI=1S/C11H19N3O5/c12-9(16)4-3-8(10(17)18)13-11(19)14(5-6-15)7-1-2-7/h7-8,15H,1-6H2,(H2,12,16)(H,13,19)(H,17,18)/t8-/m1/s1. The largest absolute Gasteiger partial charge is 0.480 e. The van der Waals surface area contributed by atoms with Crippen LogP contribution >= 0.6 is 0 Å². The molecular weight excluding hydrogens is 254 g/mol. The molecule has 0 aromatic carbocycles. The summed E-state index contributed by atoms with van der Waals surface area (Å²) in [6, 6.07) is -1.62. The highest BCUT2D eigenvalue weighted by Crippen LogP contribution is 2.26. The van der Waals surface area contributed by atoms with Gasteiger partial charge in [-0.15, -0.1) is 0 Å². The van der Waals surface area contributed by atoms with Crippen LogP contribution < -0.4 is 11.1 Å². The van der Waals surface area contributed by atoms with Crippen LogP contribution in [0.3, 0.4) is 0 Å². The Kier molecular flexibility index (Phi) is 5.56. The van der Waals surface area contributed by atoms with Crippen molar-refractivity contribution in [1.29, 1.82) is 0 Å². The monoisotopic (exact) mass is 273 g/mol. The van der Waals surface area contributed by atoms with E-state index in [1.807, 2.05) is 0 Å². The van der Waals surface area contributed by atoms with Crippen molar-refractivity contribution in [2.24, 2.45) is 5.73 Å². The van der Waals surface area contributed by atoms with Gasteiger partial charge in [-0.1, -0.05) is 0 Å². The van der Waals surface area contributed by atoms with E-state index in [0.717, 1.165) is 12.8 Å². The van der Waals surface area contributed by atoms with Crippen LogP contribution in [0, 0.1) is 0 Å². The second-order valence-electron chi connectivity index (χ2n) is 4.49. The summed E-state index contributed by atoms with van der Waals surface area (Å²) in [5, 5.41) is 20.2. The Hall–Kier alpha value is -1.83. The van der Waals surface area contributed by atoms with E-state index in [9.17, 15) is 14.4 Å². The van der Waals surface area contributed by atoms with Gasteiger partial charge in [0.1, 0.15) is 6.04 Å². The first-order valence-corrected chi connectivity index (χ1v) is 6.14. The molecule has 1 fully saturated rings. The normalized spacial score (nSPS) is 15.6. The first-order chi connectivity index (χ1) is 8.95. The maximum Gasteiger partial charge on any atom is 0.326 e. The molecule has 0 bridgehead atoms. The Morgan fingerprint density at radius 3 is 2.42 bits per heavy atom. The third-order valence-corrected chi connectivity index (χ3v) is 2.86. The van der Waals surface area contributed by atoms with Crippen molar-refractivity contribution in [2.75, 3.05) is 13.2 Å². The lowest BCUT2D eigenvalue weighted by Crippen LogP contribution is -2.49. The van der Waals surface area contributed by atoms with E-state index in [2.05, 4.69) is 5.32 Å². The first kappa shape index (κ1) is 15.2. The van der Waals surface area contributed by atoms with Gasteiger partial charge < -0.3 is 26.2 Å². The van der Waals surface area contributed by atoms with Crippen LogP contribution in [0.1, 0.15) is 25.7 Å². The number of aliphatic hydroxyl groups is 1. The number of hydrogen-bond donors (Lipinski definition) is 4. The van der Waals surface area contributed by atoms with Gasteiger partial charge in [0.15, 0.2) is 0 Å². The molecule has 0 aliphatic heterocycles. The summed E-state index contributed by atoms with van der Waals surface area (Å²) < 4.78 is 0. The number of carbonyl (C=O) groups is 3. The number of carbonyl (C=O) groups excluding carboxylic acids is 2. The van der Waals surface area contributed by atoms with E-state index < -0.39 is 23.9 Å². The van der Waals surface area contributed by atoms with Crippen molar-refractivity contribution in [3.8, 4) is 0 Å². The highest BCUT2D eigenvalue weighted by molar-refractivity contribution is 5.83. The lowest BCUT2D eigenvalue weighted by molar-refractivity contribution is -0.139. The van der Waals surface area contributed by atoms with E-state index >= 15 is 0 Å². The van der Waals surface area contributed by atoms with Crippen LogP contribution in [-0.4, -0.2) is 58.3 Å². The Bertz CT molecular complexity index is 356. The summed E-state index contributed by atoms with van der Waals surface area (Å²) in [6.07, 6.45) is 1.55. The topological polar surface area (TPSA) is 133 Å². The molecule has 5 N–H and O–H groups in total. The van der Waals surface area contributed by atoms with Gasteiger partial charge >= 0.3 is 12.0 Å². The third kappa shape index (κ3) is 5.12. The Balaban J connectivity index is 2.53. The van der Waals surface area contributed by atoms with Crippen molar-refractivity contribution >= 4 is 17.9 Å². The van der Waals surface area contributed by atoms with Gasteiger partial charge in [-0.2, -0.15) is 0 Å². The van der Waals surface area contributed by atoms with E-state index in [4.69, 9.17) is 15.9 Å². The molecule has 0 heterocycles. The number of nitrogens with two attached hydrogens (primary N) is 1. The summed E-state index contributed by atoms with van der Waals surface area (Å²) >= 11 is 0. The number of carboxylic acid groups (broad SMARTS) is 1. The zero-order valence-corrected chi connectivity index (χ0v) is 10.5. The predicted molar refractivity (Wildman–Crippen MR) is 65.2 cm³/mol. The molecule has 0 unspecified atom stereocenters. The van der Waals surface area contributed by atoms with Crippen LogP contribution in [-0.2, 0) is 9.59 Å². The second kappa shape index (κ2) is 6.93. The molecule has 0 radical (unpaired) electrons. The SMILES string of the molecule is NC(=O)CC[C@@H](NC(=O)N(CCO)C1CC1)C(=O)O. The van der Waals surface area contributed by atoms with Gasteiger partial charge in [-0.3, -0.25) is 4.79 Å². The van der Waals surface area contributed by atoms with Crippen molar-refractivity contribution in [3.05, 3.63) is 0 Å². The number of nitrogens with one attached hydrogen (secondary N) is 1. The molecular formula is C11H19N3O5. The zero-order valence-electron chi connectivity index (χ0n) is 10.5. The minimum atomic E-state index is -1.21. The van der Waals surface area contributed by atoms with Gasteiger partial charge in [0.05, 0.1) is 6.61 Å². The Labute approximate surface area is 110 Å². The summed E-state index contributed by atoms with van der Waals surface area (Å²) in [7, 11) is 0. The maximum absolute atomic E-state index is 11.9. The molecule has 8 nitrogen and oxygen atoms in total. The quantitative estimate of drug-likeness (QED) is 0.444. The molecule has 8 heteroatoms. The molecule has 1 aliphatic carbocycles. The molecule has 1 aliphatic rings. The minimum absolute atomic E-state index is 0.0476. The molecule has 1 rings (SSSR count). The molecule has 108 valence electrons. The average Bonchev–Trinajstić information content (AvgIpc) is 3.14. The second-order valence-corrected chi connectivity index (χ2v) is 4.49. The third-order valence-electron chi connectivity index (χ3n) is 2.86. The molecule has 0 saturated heterocycles. The van der Waals surface area contributed by atoms with Crippen molar-refractivity contribution in [3.63, 3.8) is 0 Å². The molecule has 1 atom stereocenters. The molecule has 0 aromatic rings. The Morgan fingerprint density at radius 1 is 1.37 bits per heavy atom. The van der Waals surface area contributed by atoms with Crippen LogP contribution in [0.2, 0.25) is 0 Å². The number of primary amides is 1. The van der Waals surface area contributed by atoms with Crippen molar-refractivity contribution in [1.82, 2.24) is 10.2 Å². The summed E-state index contributed by atoms with van der Waals surface area (Å²) in [5.41, 5.74) is 4.95. The summed E-state index contributed by atoms with van der Waals surface area (Å²) in [5.74, 6) is -1.83. The number of urea groups is 1. The fraction of sp³-hybridized carbons (Fsp3) is 0.727. The van der Waals surface area contributed by atoms with Crippen molar-refractivity contribution in [2.45, 2.75) is 37.8 Å². The number of nitrogens with zero attached hydrogens (tertiary/aromatic N) is 1. The number of rotatable bonds is 8. The van der Waals surface area contributed by atoms with E-state index in [-0.39, 0.29) is 32.0 Å². The predicted octanol–water partition coefficient (Wildman–Crippen LogP) is -1.13. The maximum atomic E-state index is 11.9. The lowest BCUT2D eigenvalue weighted by atomic mass is 10.1. The number of carboxylic acids is 1. The van der Waals surface area contributed by atoms with Gasteiger partial charge in [0.25, 0.3) is 0 Å². The van der Waals surface area contributed by atoms with Crippen LogP contribution in [0.5, 0.6) is 0 Å². The number of aliphatic hydroxyl groups excluding tert-OH is 1.